The number of rotatable bonds is 8. The number of imide groups is 1. The van der Waals surface area contributed by atoms with E-state index in [1.165, 1.54) is 11.8 Å². The lowest BCUT2D eigenvalue weighted by atomic mass is 10.1. The van der Waals surface area contributed by atoms with Crippen LogP contribution in [0.2, 0.25) is 5.02 Å². The van der Waals surface area contributed by atoms with Crippen LogP contribution in [0.25, 0.3) is 11.0 Å². The molecular weight excluding hydrogens is 452 g/mol. The lowest BCUT2D eigenvalue weighted by Crippen LogP contribution is -2.45. The van der Waals surface area contributed by atoms with Crippen LogP contribution >= 0.6 is 23.4 Å². The van der Waals surface area contributed by atoms with Gasteiger partial charge in [0, 0.05) is 5.02 Å². The zero-order valence-corrected chi connectivity index (χ0v) is 19.2. The van der Waals surface area contributed by atoms with E-state index in [1.807, 2.05) is 46.3 Å². The van der Waals surface area contributed by atoms with Crippen molar-refractivity contribution in [3.05, 3.63) is 59.1 Å². The van der Waals surface area contributed by atoms with Crippen molar-refractivity contribution in [3.8, 4) is 0 Å². The molecule has 3 aromatic rings. The van der Waals surface area contributed by atoms with Gasteiger partial charge in [0.1, 0.15) is 0 Å². The Morgan fingerprint density at radius 2 is 1.91 bits per heavy atom. The molecule has 8 nitrogen and oxygen atoms in total. The molecule has 2 aromatic carbocycles. The number of nitrogens with one attached hydrogen (secondary N) is 1. The Kier molecular flexibility index (Phi) is 7.76. The number of amides is 3. The van der Waals surface area contributed by atoms with Crippen LogP contribution in [0.5, 0.6) is 0 Å². The Balaban J connectivity index is 1.77. The number of hydrogen-bond donors (Lipinski definition) is 2. The first-order valence-electron chi connectivity index (χ1n) is 9.87. The van der Waals surface area contributed by atoms with E-state index in [0.29, 0.717) is 22.2 Å². The van der Waals surface area contributed by atoms with Crippen LogP contribution in [0.15, 0.2) is 53.7 Å². The van der Waals surface area contributed by atoms with Crippen molar-refractivity contribution in [3.63, 3.8) is 0 Å². The molecule has 0 aliphatic heterocycles. The molecule has 0 radical (unpaired) electrons. The number of carbonyl (C=O) groups excluding carboxylic acids is 3. The molecular formula is C22H23ClN4O4S. The summed E-state index contributed by atoms with van der Waals surface area (Å²) in [5, 5.41) is 3.13. The zero-order chi connectivity index (χ0) is 23.3. The minimum absolute atomic E-state index is 0.0705. The van der Waals surface area contributed by atoms with Gasteiger partial charge in [-0.1, -0.05) is 67.5 Å². The van der Waals surface area contributed by atoms with Crippen LogP contribution in [-0.4, -0.2) is 39.3 Å². The van der Waals surface area contributed by atoms with Crippen molar-refractivity contribution in [2.75, 3.05) is 5.75 Å². The van der Waals surface area contributed by atoms with E-state index in [9.17, 15) is 14.4 Å². The summed E-state index contributed by atoms with van der Waals surface area (Å²) in [5.74, 6) is -1.77. The van der Waals surface area contributed by atoms with Crippen molar-refractivity contribution in [1.29, 1.82) is 0 Å². The van der Waals surface area contributed by atoms with Gasteiger partial charge in [-0.15, -0.1) is 0 Å². The van der Waals surface area contributed by atoms with Gasteiger partial charge in [0.15, 0.2) is 11.3 Å². The maximum absolute atomic E-state index is 12.5. The Bertz CT molecular complexity index is 1130. The molecule has 0 aliphatic rings. The monoisotopic (exact) mass is 474 g/mol. The Morgan fingerprint density at radius 3 is 2.56 bits per heavy atom. The largest absolute Gasteiger partial charge is 0.451 e. The standard InChI is InChI=1S/C22H23ClN4O4S/c1-13(2)19(20(29)26-21(24)30)31-18(28)12-32-22-25-16-10-15(23)8-9-17(16)27(22)11-14-6-4-3-5-7-14/h3-10,13,19H,11-12H2,1-2H3,(H3,24,26,29,30). The maximum Gasteiger partial charge on any atom is 0.318 e. The third-order valence-corrected chi connectivity index (χ3v) is 5.73. The highest BCUT2D eigenvalue weighted by Gasteiger charge is 2.27. The molecule has 1 heterocycles. The summed E-state index contributed by atoms with van der Waals surface area (Å²) in [7, 11) is 0. The van der Waals surface area contributed by atoms with Crippen molar-refractivity contribution in [2.24, 2.45) is 11.7 Å². The number of imidazole rings is 1. The first kappa shape index (κ1) is 23.6. The number of nitrogens with zero attached hydrogens (tertiary/aromatic N) is 2. The van der Waals surface area contributed by atoms with Gasteiger partial charge in [-0.25, -0.2) is 9.78 Å². The Hall–Kier alpha value is -3.04. The molecule has 3 rings (SSSR count). The second-order valence-electron chi connectivity index (χ2n) is 7.40. The Morgan fingerprint density at radius 1 is 1.19 bits per heavy atom. The number of halogens is 1. The third kappa shape index (κ3) is 6.02. The van der Waals surface area contributed by atoms with Gasteiger partial charge in [-0.3, -0.25) is 14.9 Å². The first-order valence-corrected chi connectivity index (χ1v) is 11.2. The van der Waals surface area contributed by atoms with Crippen LogP contribution in [0.1, 0.15) is 19.4 Å². The minimum atomic E-state index is -1.13. The number of urea groups is 1. The summed E-state index contributed by atoms with van der Waals surface area (Å²) in [4.78, 5) is 40.1. The molecule has 1 aromatic heterocycles. The van der Waals surface area contributed by atoms with Crippen LogP contribution in [0, 0.1) is 5.92 Å². The van der Waals surface area contributed by atoms with Gasteiger partial charge < -0.3 is 15.0 Å². The number of ether oxygens (including phenoxy) is 1. The second-order valence-corrected chi connectivity index (χ2v) is 8.77. The number of fused-ring (bicyclic) bond motifs is 1. The lowest BCUT2D eigenvalue weighted by molar-refractivity contribution is -0.155. The highest BCUT2D eigenvalue weighted by molar-refractivity contribution is 7.99. The first-order chi connectivity index (χ1) is 15.2. The molecule has 10 heteroatoms. The fraction of sp³-hybridized carbons (Fsp3) is 0.273. The number of nitrogens with two attached hydrogens (primary N) is 1. The van der Waals surface area contributed by atoms with Gasteiger partial charge >= 0.3 is 12.0 Å². The molecule has 0 aliphatic carbocycles. The molecule has 32 heavy (non-hydrogen) atoms. The summed E-state index contributed by atoms with van der Waals surface area (Å²) in [6.07, 6.45) is -1.13. The second kappa shape index (κ2) is 10.5. The van der Waals surface area contributed by atoms with Crippen molar-refractivity contribution in [2.45, 2.75) is 31.7 Å². The zero-order valence-electron chi connectivity index (χ0n) is 17.6. The number of esters is 1. The Labute approximate surface area is 194 Å². The molecule has 3 amide bonds. The predicted molar refractivity (Wildman–Crippen MR) is 123 cm³/mol. The van der Waals surface area contributed by atoms with E-state index in [-0.39, 0.29) is 11.7 Å². The molecule has 0 fully saturated rings. The van der Waals surface area contributed by atoms with Gasteiger partial charge in [-0.2, -0.15) is 0 Å². The molecule has 3 N–H and O–H groups in total. The summed E-state index contributed by atoms with van der Waals surface area (Å²) in [6, 6.07) is 14.3. The molecule has 0 spiro atoms. The van der Waals surface area contributed by atoms with Crippen molar-refractivity contribution < 1.29 is 19.1 Å². The van der Waals surface area contributed by atoms with Crippen LogP contribution in [-0.2, 0) is 20.9 Å². The van der Waals surface area contributed by atoms with Crippen LogP contribution < -0.4 is 11.1 Å². The molecule has 0 saturated heterocycles. The topological polar surface area (TPSA) is 116 Å². The molecule has 0 bridgehead atoms. The van der Waals surface area contributed by atoms with E-state index in [4.69, 9.17) is 22.1 Å². The van der Waals surface area contributed by atoms with Gasteiger partial charge in [0.2, 0.25) is 0 Å². The molecule has 168 valence electrons. The van der Waals surface area contributed by atoms with Gasteiger partial charge in [0.05, 0.1) is 23.3 Å². The van der Waals surface area contributed by atoms with E-state index in [1.54, 1.807) is 26.0 Å². The van der Waals surface area contributed by atoms with Crippen LogP contribution in [0.3, 0.4) is 0 Å². The van der Waals surface area contributed by atoms with Gasteiger partial charge in [-0.05, 0) is 29.7 Å². The summed E-state index contributed by atoms with van der Waals surface area (Å²) in [5.41, 5.74) is 7.66. The fourth-order valence-corrected chi connectivity index (χ4v) is 4.06. The van der Waals surface area contributed by atoms with E-state index < -0.39 is 24.0 Å². The highest BCUT2D eigenvalue weighted by atomic mass is 35.5. The van der Waals surface area contributed by atoms with E-state index in [0.717, 1.165) is 11.1 Å². The van der Waals surface area contributed by atoms with Crippen molar-refractivity contribution in [1.82, 2.24) is 14.9 Å². The van der Waals surface area contributed by atoms with Crippen LogP contribution in [0.4, 0.5) is 4.79 Å². The quantitative estimate of drug-likeness (QED) is 0.380. The molecule has 1 atom stereocenters. The lowest BCUT2D eigenvalue weighted by Gasteiger charge is -2.19. The molecule has 0 saturated carbocycles. The number of primary amides is 1. The minimum Gasteiger partial charge on any atom is -0.451 e. The maximum atomic E-state index is 12.5. The average molecular weight is 475 g/mol. The highest BCUT2D eigenvalue weighted by Crippen LogP contribution is 2.27. The third-order valence-electron chi connectivity index (χ3n) is 4.55. The fourth-order valence-electron chi connectivity index (χ4n) is 3.09. The predicted octanol–water partition coefficient (Wildman–Crippen LogP) is 3.59. The van der Waals surface area contributed by atoms with Gasteiger partial charge in [0.25, 0.3) is 5.91 Å². The number of thioether (sulfide) groups is 1. The van der Waals surface area contributed by atoms with E-state index in [2.05, 4.69) is 4.98 Å². The summed E-state index contributed by atoms with van der Waals surface area (Å²) >= 11 is 7.32. The number of carbonyl (C=O) groups is 3. The summed E-state index contributed by atoms with van der Waals surface area (Å²) in [6.45, 7) is 3.97. The number of hydrogen-bond acceptors (Lipinski definition) is 6. The smallest absolute Gasteiger partial charge is 0.318 e. The average Bonchev–Trinajstić information content (AvgIpc) is 3.06. The number of benzene rings is 2. The number of aromatic nitrogens is 2. The molecule has 1 unspecified atom stereocenters. The van der Waals surface area contributed by atoms with Crippen molar-refractivity contribution >= 4 is 52.3 Å². The SMILES string of the molecule is CC(C)C(OC(=O)CSc1nc2cc(Cl)ccc2n1Cc1ccccc1)C(=O)NC(N)=O. The van der Waals surface area contributed by atoms with E-state index >= 15 is 0 Å². The normalized spacial score (nSPS) is 12.0. The summed E-state index contributed by atoms with van der Waals surface area (Å²) < 4.78 is 7.31.